The SMILES string of the molecule is CC(C)CCC(NN)C1(C)CC1. The molecule has 1 aliphatic rings. The molecular weight excluding hydrogens is 148 g/mol. The van der Waals surface area contributed by atoms with Crippen LogP contribution in [0.15, 0.2) is 0 Å². The largest absolute Gasteiger partial charge is 0.271 e. The zero-order valence-electron chi connectivity index (χ0n) is 8.56. The van der Waals surface area contributed by atoms with Crippen LogP contribution < -0.4 is 11.3 Å². The zero-order chi connectivity index (χ0) is 9.19. The Balaban J connectivity index is 2.26. The van der Waals surface area contributed by atoms with Gasteiger partial charge in [0.1, 0.15) is 0 Å². The van der Waals surface area contributed by atoms with Gasteiger partial charge in [0, 0.05) is 6.04 Å². The fourth-order valence-electron chi connectivity index (χ4n) is 1.68. The van der Waals surface area contributed by atoms with E-state index in [1.165, 1.54) is 25.7 Å². The number of rotatable bonds is 5. The molecule has 0 saturated heterocycles. The van der Waals surface area contributed by atoms with E-state index in [-0.39, 0.29) is 0 Å². The maximum absolute atomic E-state index is 5.54. The van der Waals surface area contributed by atoms with Gasteiger partial charge in [-0.1, -0.05) is 20.8 Å². The van der Waals surface area contributed by atoms with Crippen molar-refractivity contribution < 1.29 is 0 Å². The Labute approximate surface area is 75.9 Å². The van der Waals surface area contributed by atoms with Crippen LogP contribution in [-0.4, -0.2) is 6.04 Å². The van der Waals surface area contributed by atoms with Crippen LogP contribution in [0.2, 0.25) is 0 Å². The van der Waals surface area contributed by atoms with Gasteiger partial charge in [-0.25, -0.2) is 0 Å². The minimum atomic E-state index is 0.518. The highest BCUT2D eigenvalue weighted by molar-refractivity contribution is 4.97. The number of hydrazine groups is 1. The van der Waals surface area contributed by atoms with Crippen LogP contribution in [-0.2, 0) is 0 Å². The van der Waals surface area contributed by atoms with Gasteiger partial charge in [0.05, 0.1) is 0 Å². The van der Waals surface area contributed by atoms with Crippen LogP contribution >= 0.6 is 0 Å². The minimum absolute atomic E-state index is 0.518. The van der Waals surface area contributed by atoms with Gasteiger partial charge in [-0.2, -0.15) is 0 Å². The molecule has 1 fully saturated rings. The molecule has 0 aliphatic heterocycles. The van der Waals surface area contributed by atoms with Crippen LogP contribution in [0.3, 0.4) is 0 Å². The fourth-order valence-corrected chi connectivity index (χ4v) is 1.68. The van der Waals surface area contributed by atoms with Gasteiger partial charge in [-0.3, -0.25) is 11.3 Å². The normalized spacial score (nSPS) is 22.8. The molecule has 0 aromatic rings. The summed E-state index contributed by atoms with van der Waals surface area (Å²) in [6.45, 7) is 6.86. The predicted octanol–water partition coefficient (Wildman–Crippen LogP) is 2.05. The first-order valence-corrected chi connectivity index (χ1v) is 5.04. The number of hydrogen-bond donors (Lipinski definition) is 2. The molecule has 1 aliphatic carbocycles. The van der Waals surface area contributed by atoms with E-state index in [1.807, 2.05) is 0 Å². The van der Waals surface area contributed by atoms with Crippen LogP contribution in [0, 0.1) is 11.3 Å². The fraction of sp³-hybridized carbons (Fsp3) is 1.00. The molecule has 0 aromatic carbocycles. The molecule has 2 nitrogen and oxygen atoms in total. The lowest BCUT2D eigenvalue weighted by Crippen LogP contribution is -2.41. The van der Waals surface area contributed by atoms with Gasteiger partial charge < -0.3 is 0 Å². The van der Waals surface area contributed by atoms with E-state index in [1.54, 1.807) is 0 Å². The molecule has 3 N–H and O–H groups in total. The predicted molar refractivity (Wildman–Crippen MR) is 52.5 cm³/mol. The molecule has 72 valence electrons. The summed E-state index contributed by atoms with van der Waals surface area (Å²) in [6.07, 6.45) is 5.20. The van der Waals surface area contributed by atoms with E-state index in [4.69, 9.17) is 5.84 Å². The molecule has 0 spiro atoms. The Kier molecular flexibility index (Phi) is 3.13. The quantitative estimate of drug-likeness (QED) is 0.489. The van der Waals surface area contributed by atoms with Crippen molar-refractivity contribution in [2.75, 3.05) is 0 Å². The minimum Gasteiger partial charge on any atom is -0.271 e. The highest BCUT2D eigenvalue weighted by Crippen LogP contribution is 2.49. The van der Waals surface area contributed by atoms with Crippen LogP contribution in [0.25, 0.3) is 0 Å². The van der Waals surface area contributed by atoms with E-state index in [0.29, 0.717) is 11.5 Å². The maximum Gasteiger partial charge on any atom is 0.0264 e. The molecule has 1 atom stereocenters. The third-order valence-corrected chi connectivity index (χ3v) is 3.11. The van der Waals surface area contributed by atoms with E-state index >= 15 is 0 Å². The first-order valence-electron chi connectivity index (χ1n) is 5.04. The molecule has 1 unspecified atom stereocenters. The molecule has 0 heterocycles. The number of nitrogens with two attached hydrogens (primary N) is 1. The van der Waals surface area contributed by atoms with Gasteiger partial charge in [0.15, 0.2) is 0 Å². The summed E-state index contributed by atoms with van der Waals surface area (Å²) >= 11 is 0. The van der Waals surface area contributed by atoms with Gasteiger partial charge in [0.25, 0.3) is 0 Å². The van der Waals surface area contributed by atoms with Crippen molar-refractivity contribution in [1.82, 2.24) is 5.43 Å². The van der Waals surface area contributed by atoms with Crippen LogP contribution in [0.5, 0.6) is 0 Å². The van der Waals surface area contributed by atoms with Crippen molar-refractivity contribution in [3.05, 3.63) is 0 Å². The lowest BCUT2D eigenvalue weighted by atomic mass is 9.92. The summed E-state index contributed by atoms with van der Waals surface area (Å²) < 4.78 is 0. The van der Waals surface area contributed by atoms with Gasteiger partial charge in [-0.15, -0.1) is 0 Å². The number of nitrogens with one attached hydrogen (secondary N) is 1. The lowest BCUT2D eigenvalue weighted by Gasteiger charge is -2.23. The Hall–Kier alpha value is -0.0800. The molecule has 0 aromatic heterocycles. The summed E-state index contributed by atoms with van der Waals surface area (Å²) in [5.41, 5.74) is 3.48. The van der Waals surface area contributed by atoms with E-state index in [0.717, 1.165) is 5.92 Å². The average molecular weight is 170 g/mol. The molecule has 0 radical (unpaired) electrons. The second-order valence-electron chi connectivity index (χ2n) is 4.84. The Morgan fingerprint density at radius 1 is 1.33 bits per heavy atom. The third-order valence-electron chi connectivity index (χ3n) is 3.11. The molecule has 12 heavy (non-hydrogen) atoms. The third kappa shape index (κ3) is 2.46. The topological polar surface area (TPSA) is 38.0 Å². The molecule has 1 rings (SSSR count). The maximum atomic E-state index is 5.54. The highest BCUT2D eigenvalue weighted by atomic mass is 15.2. The lowest BCUT2D eigenvalue weighted by molar-refractivity contribution is 0.320. The van der Waals surface area contributed by atoms with Crippen molar-refractivity contribution in [2.24, 2.45) is 17.2 Å². The number of hydrogen-bond acceptors (Lipinski definition) is 2. The van der Waals surface area contributed by atoms with E-state index in [2.05, 4.69) is 26.2 Å². The average Bonchev–Trinajstić information content (AvgIpc) is 2.69. The Bertz CT molecular complexity index is 139. The van der Waals surface area contributed by atoms with Crippen LogP contribution in [0.1, 0.15) is 46.5 Å². The summed E-state index contributed by atoms with van der Waals surface area (Å²) in [4.78, 5) is 0. The molecule has 1 saturated carbocycles. The smallest absolute Gasteiger partial charge is 0.0264 e. The molecule has 0 bridgehead atoms. The van der Waals surface area contributed by atoms with Crippen molar-refractivity contribution >= 4 is 0 Å². The second-order valence-corrected chi connectivity index (χ2v) is 4.84. The van der Waals surface area contributed by atoms with Crippen molar-refractivity contribution in [3.63, 3.8) is 0 Å². The van der Waals surface area contributed by atoms with Crippen molar-refractivity contribution in [1.29, 1.82) is 0 Å². The molecule has 0 amide bonds. The van der Waals surface area contributed by atoms with E-state index < -0.39 is 0 Å². The van der Waals surface area contributed by atoms with Gasteiger partial charge >= 0.3 is 0 Å². The van der Waals surface area contributed by atoms with Gasteiger partial charge in [-0.05, 0) is 37.0 Å². The summed E-state index contributed by atoms with van der Waals surface area (Å²) in [5.74, 6) is 6.33. The highest BCUT2D eigenvalue weighted by Gasteiger charge is 2.43. The first kappa shape index (κ1) is 10.0. The monoisotopic (exact) mass is 170 g/mol. The van der Waals surface area contributed by atoms with Crippen molar-refractivity contribution in [3.8, 4) is 0 Å². The zero-order valence-corrected chi connectivity index (χ0v) is 8.56. The summed E-state index contributed by atoms with van der Waals surface area (Å²) in [6, 6.07) is 0.542. The molecule has 2 heteroatoms. The van der Waals surface area contributed by atoms with E-state index in [9.17, 15) is 0 Å². The van der Waals surface area contributed by atoms with Crippen LogP contribution in [0.4, 0.5) is 0 Å². The molecular formula is C10H22N2. The summed E-state index contributed by atoms with van der Waals surface area (Å²) in [5, 5.41) is 0. The standard InChI is InChI=1S/C10H22N2/c1-8(2)4-5-9(12-11)10(3)6-7-10/h8-9,12H,4-7,11H2,1-3H3. The Morgan fingerprint density at radius 2 is 1.92 bits per heavy atom. The van der Waals surface area contributed by atoms with Crippen molar-refractivity contribution in [2.45, 2.75) is 52.5 Å². The second kappa shape index (κ2) is 3.75. The van der Waals surface area contributed by atoms with Gasteiger partial charge in [0.2, 0.25) is 0 Å². The first-order chi connectivity index (χ1) is 5.58. The Morgan fingerprint density at radius 3 is 2.25 bits per heavy atom. The summed E-state index contributed by atoms with van der Waals surface area (Å²) in [7, 11) is 0.